The molecule has 2 N–H and O–H groups in total. The van der Waals surface area contributed by atoms with E-state index in [1.165, 1.54) is 11.1 Å². The van der Waals surface area contributed by atoms with E-state index in [0.29, 0.717) is 36.8 Å². The van der Waals surface area contributed by atoms with Gasteiger partial charge in [0.25, 0.3) is 5.24 Å². The molecular formula is C41H59Cl2N3O4SSi. The highest BCUT2D eigenvalue weighted by Crippen LogP contribution is 2.48. The smallest absolute Gasteiger partial charge is 0.252 e. The second-order valence-electron chi connectivity index (χ2n) is 16.7. The standard InChI is InChI=1S/C41H59Cl2N3O4SSi/c1-9-30(51(44,48)45-52(7,8)40(3,4)5)14-11-12-15-33-32-16-13-23-41(34(32)20-21-35(33)42)26-46(25-29-17-19-31(29)37(10-2)49-6)36-24-28(39(43)47)18-22-38(36)50-27-41/h10,12,15,18,20-22,24,29-31,37H,2,9,11,13-14,16-17,19,23,25-27H2,1,3-8H3,(H2,44,45,48)/b15-12+/t29-,30+,31+,37-,41-,51?/m0/s1. The summed E-state index contributed by atoms with van der Waals surface area (Å²) in [5.41, 5.74) is 4.66. The predicted octanol–water partition coefficient (Wildman–Crippen LogP) is 10.3. The monoisotopic (exact) mass is 787 g/mol. The Morgan fingerprint density at radius 1 is 1.27 bits per heavy atom. The van der Waals surface area contributed by atoms with Gasteiger partial charge in [-0.3, -0.25) is 8.82 Å². The molecule has 1 fully saturated rings. The fourth-order valence-corrected chi connectivity index (χ4v) is 14.0. The first-order chi connectivity index (χ1) is 24.5. The lowest BCUT2D eigenvalue weighted by atomic mass is 9.68. The summed E-state index contributed by atoms with van der Waals surface area (Å²) < 4.78 is 31.1. The van der Waals surface area contributed by atoms with E-state index in [9.17, 15) is 9.00 Å². The van der Waals surface area contributed by atoms with Gasteiger partial charge in [0.1, 0.15) is 5.75 Å². The Kier molecular flexibility index (Phi) is 12.9. The molecule has 7 nitrogen and oxygen atoms in total. The van der Waals surface area contributed by atoms with Gasteiger partial charge in [-0.15, -0.1) is 6.58 Å². The van der Waals surface area contributed by atoms with E-state index >= 15 is 0 Å². The maximum Gasteiger partial charge on any atom is 0.252 e. The average Bonchev–Trinajstić information content (AvgIpc) is 3.21. The first-order valence-electron chi connectivity index (χ1n) is 18.9. The van der Waals surface area contributed by atoms with Crippen molar-refractivity contribution in [3.63, 3.8) is 0 Å². The molecule has 3 aliphatic rings. The van der Waals surface area contributed by atoms with Crippen LogP contribution in [0.25, 0.3) is 6.08 Å². The number of fused-ring (bicyclic) bond motifs is 3. The molecule has 2 aromatic rings. The number of halogens is 2. The normalized spacial score (nSPS) is 24.2. The summed E-state index contributed by atoms with van der Waals surface area (Å²) in [6.45, 7) is 19.0. The van der Waals surface area contributed by atoms with E-state index in [0.717, 1.165) is 73.6 Å². The summed E-state index contributed by atoms with van der Waals surface area (Å²) >= 11 is 13.0. The third-order valence-corrected chi connectivity index (χ3v) is 21.1. The summed E-state index contributed by atoms with van der Waals surface area (Å²) in [6.07, 6.45) is 13.5. The van der Waals surface area contributed by atoms with Gasteiger partial charge in [-0.1, -0.05) is 63.6 Å². The summed E-state index contributed by atoms with van der Waals surface area (Å²) in [4.78, 5) is 14.7. The molecule has 286 valence electrons. The van der Waals surface area contributed by atoms with Crippen LogP contribution in [-0.2, 0) is 26.5 Å². The first kappa shape index (κ1) is 41.0. The molecule has 1 saturated carbocycles. The molecule has 0 aromatic heterocycles. The number of carbonyl (C=O) groups is 1. The number of rotatable bonds is 13. The Morgan fingerprint density at radius 3 is 2.63 bits per heavy atom. The van der Waals surface area contributed by atoms with E-state index in [1.807, 2.05) is 24.3 Å². The minimum absolute atomic E-state index is 0.00793. The first-order valence-corrected chi connectivity index (χ1v) is 24.2. The SMILES string of the molecule is C=C[C@H](OC)[C@@H]1CC[C@H]1CN1C[C@@]2(CCCc3c2ccc(Cl)c3/C=C/CC[C@@H](CC)S(N)(=O)=N[Si](C)(C)C(C)(C)C)COc2ccc(C(=O)Cl)cc21. The Bertz CT molecular complexity index is 1800. The van der Waals surface area contributed by atoms with Gasteiger partial charge in [0.05, 0.1) is 33.6 Å². The van der Waals surface area contributed by atoms with Crippen LogP contribution in [0.3, 0.4) is 0 Å². The quantitative estimate of drug-likeness (QED) is 0.124. The number of nitrogens with two attached hydrogens (primary N) is 1. The molecule has 1 unspecified atom stereocenters. The van der Waals surface area contributed by atoms with E-state index in [1.54, 1.807) is 13.2 Å². The maximum atomic E-state index is 13.8. The van der Waals surface area contributed by atoms with Crippen LogP contribution in [-0.4, -0.2) is 55.8 Å². The van der Waals surface area contributed by atoms with Crippen molar-refractivity contribution < 1.29 is 18.5 Å². The molecule has 5 rings (SSSR count). The third kappa shape index (κ3) is 8.55. The van der Waals surface area contributed by atoms with E-state index in [-0.39, 0.29) is 21.8 Å². The maximum absolute atomic E-state index is 13.8. The van der Waals surface area contributed by atoms with Crippen molar-refractivity contribution in [3.05, 3.63) is 76.3 Å². The fraction of sp³-hybridized carbons (Fsp3) is 0.585. The highest BCUT2D eigenvalue weighted by atomic mass is 35.5. The number of anilines is 1. The van der Waals surface area contributed by atoms with Crippen molar-refractivity contribution in [1.82, 2.24) is 0 Å². The van der Waals surface area contributed by atoms with Crippen LogP contribution in [0.2, 0.25) is 23.2 Å². The van der Waals surface area contributed by atoms with Crippen LogP contribution in [0, 0.1) is 11.8 Å². The van der Waals surface area contributed by atoms with Gasteiger partial charge in [0.2, 0.25) is 0 Å². The van der Waals surface area contributed by atoms with E-state index in [4.69, 9.17) is 41.8 Å². The Balaban J connectivity index is 1.44. The highest BCUT2D eigenvalue weighted by molar-refractivity contribution is 7.92. The lowest BCUT2D eigenvalue weighted by Crippen LogP contribution is -2.49. The molecule has 52 heavy (non-hydrogen) atoms. The molecule has 1 aliphatic heterocycles. The van der Waals surface area contributed by atoms with Gasteiger partial charge in [0, 0.05) is 36.2 Å². The molecule has 2 aromatic carbocycles. The molecule has 0 bridgehead atoms. The second kappa shape index (κ2) is 16.3. The second-order valence-corrected chi connectivity index (χ2v) is 24.7. The third-order valence-electron chi connectivity index (χ3n) is 12.4. The molecule has 0 radical (unpaired) electrons. The van der Waals surface area contributed by atoms with Crippen molar-refractivity contribution in [3.8, 4) is 5.75 Å². The number of hydrogen-bond acceptors (Lipinski definition) is 6. The number of hydrogen-bond donors (Lipinski definition) is 1. The zero-order chi connectivity index (χ0) is 38.1. The molecule has 6 atom stereocenters. The lowest BCUT2D eigenvalue weighted by Gasteiger charge is -2.46. The van der Waals surface area contributed by atoms with Gasteiger partial charge < -0.3 is 14.4 Å². The van der Waals surface area contributed by atoms with Crippen molar-refractivity contribution in [2.75, 3.05) is 31.7 Å². The van der Waals surface area contributed by atoms with Gasteiger partial charge in [-0.2, -0.15) is 0 Å². The van der Waals surface area contributed by atoms with Crippen LogP contribution in [0.15, 0.2) is 53.1 Å². The van der Waals surface area contributed by atoms with Crippen molar-refractivity contribution >= 4 is 58.4 Å². The molecule has 11 heteroatoms. The van der Waals surface area contributed by atoms with Crippen LogP contribution < -0.4 is 14.8 Å². The van der Waals surface area contributed by atoms with E-state index < -0.39 is 23.4 Å². The molecule has 0 saturated heterocycles. The Hall–Kier alpha value is -2.14. The molecule has 0 amide bonds. The molecule has 2 aliphatic carbocycles. The number of nitrogens with zero attached hydrogens (tertiary/aromatic N) is 2. The average molecular weight is 789 g/mol. The predicted molar refractivity (Wildman–Crippen MR) is 222 cm³/mol. The zero-order valence-corrected chi connectivity index (χ0v) is 35.5. The topological polar surface area (TPSA) is 94.2 Å². The van der Waals surface area contributed by atoms with Crippen LogP contribution >= 0.6 is 23.2 Å². The number of benzene rings is 2. The van der Waals surface area contributed by atoms with Gasteiger partial charge in [-0.05, 0) is 134 Å². The summed E-state index contributed by atoms with van der Waals surface area (Å²) in [6, 6.07) is 9.75. The van der Waals surface area contributed by atoms with Crippen LogP contribution in [0.5, 0.6) is 5.75 Å². The largest absolute Gasteiger partial charge is 0.490 e. The minimum atomic E-state index is -2.84. The van der Waals surface area contributed by atoms with Gasteiger partial charge in [0.15, 0.2) is 8.24 Å². The van der Waals surface area contributed by atoms with Gasteiger partial charge in [-0.25, -0.2) is 9.35 Å². The van der Waals surface area contributed by atoms with Crippen LogP contribution in [0.1, 0.15) is 99.7 Å². The fourth-order valence-electron chi connectivity index (χ4n) is 8.16. The van der Waals surface area contributed by atoms with Gasteiger partial charge >= 0.3 is 0 Å². The number of methoxy groups -OCH3 is 1. The van der Waals surface area contributed by atoms with Crippen molar-refractivity contribution in [1.29, 1.82) is 0 Å². The zero-order valence-electron chi connectivity index (χ0n) is 32.2. The Labute approximate surface area is 324 Å². The number of ether oxygens (including phenoxy) is 2. The van der Waals surface area contributed by atoms with Crippen molar-refractivity contribution in [2.24, 2.45) is 21.0 Å². The van der Waals surface area contributed by atoms with Crippen LogP contribution in [0.4, 0.5) is 5.69 Å². The summed E-state index contributed by atoms with van der Waals surface area (Å²) in [7, 11) is -3.26. The summed E-state index contributed by atoms with van der Waals surface area (Å²) in [5.74, 6) is 1.57. The lowest BCUT2D eigenvalue weighted by molar-refractivity contribution is 0.0135. The Morgan fingerprint density at radius 2 is 2.02 bits per heavy atom. The highest BCUT2D eigenvalue weighted by Gasteiger charge is 2.45. The van der Waals surface area contributed by atoms with Crippen molar-refractivity contribution in [2.45, 2.75) is 114 Å². The molecular weight excluding hydrogens is 730 g/mol. The summed E-state index contributed by atoms with van der Waals surface area (Å²) in [5, 5.41) is 6.54. The van der Waals surface area contributed by atoms with E-state index in [2.05, 4.69) is 70.5 Å². The molecule has 1 heterocycles. The number of carbonyl (C=O) groups excluding carboxylic acids is 1. The molecule has 1 spiro atoms. The number of allylic oxidation sites excluding steroid dienone is 1. The minimum Gasteiger partial charge on any atom is -0.490 e.